The van der Waals surface area contributed by atoms with Gasteiger partial charge in [-0.1, -0.05) is 30.7 Å². The molecular weight excluding hydrogens is 316 g/mol. The standard InChI is InChI=1S/C20H28N2O3/c1-2-15-9-6-10-16-18(15)20(25)22(19(16)24)13-17(23)21-12-11-14-7-4-3-5-8-14/h6-7,9,15-16,18H,2-5,8,10-13H2,1H3,(H,21,23). The summed E-state index contributed by atoms with van der Waals surface area (Å²) in [5, 5.41) is 2.86. The Morgan fingerprint density at radius 1 is 1.28 bits per heavy atom. The summed E-state index contributed by atoms with van der Waals surface area (Å²) in [5.74, 6) is -1.02. The Morgan fingerprint density at radius 2 is 2.12 bits per heavy atom. The molecule has 5 heteroatoms. The van der Waals surface area contributed by atoms with Crippen LogP contribution in [0.3, 0.4) is 0 Å². The molecule has 3 amide bonds. The third-order valence-corrected chi connectivity index (χ3v) is 5.73. The number of carbonyl (C=O) groups is 3. The van der Waals surface area contributed by atoms with E-state index in [0.717, 1.165) is 25.7 Å². The first-order valence-corrected chi connectivity index (χ1v) is 9.58. The van der Waals surface area contributed by atoms with Gasteiger partial charge in [-0.15, -0.1) is 0 Å². The molecule has 2 aliphatic carbocycles. The second-order valence-corrected chi connectivity index (χ2v) is 7.34. The van der Waals surface area contributed by atoms with Crippen molar-refractivity contribution in [3.05, 3.63) is 23.8 Å². The number of carbonyl (C=O) groups excluding carboxylic acids is 3. The molecule has 1 fully saturated rings. The molecule has 0 radical (unpaired) electrons. The van der Waals surface area contributed by atoms with E-state index in [1.54, 1.807) is 0 Å². The normalized spacial score (nSPS) is 28.8. The fourth-order valence-corrected chi connectivity index (χ4v) is 4.30. The molecule has 1 saturated heterocycles. The summed E-state index contributed by atoms with van der Waals surface area (Å²) in [6.07, 6.45) is 13.4. The third-order valence-electron chi connectivity index (χ3n) is 5.73. The molecule has 1 aliphatic heterocycles. The summed E-state index contributed by atoms with van der Waals surface area (Å²) in [6.45, 7) is 2.47. The topological polar surface area (TPSA) is 66.5 Å². The van der Waals surface area contributed by atoms with Crippen molar-refractivity contribution in [1.82, 2.24) is 10.2 Å². The number of rotatable bonds is 6. The Morgan fingerprint density at radius 3 is 2.84 bits per heavy atom. The lowest BCUT2D eigenvalue weighted by molar-refractivity contribution is -0.143. The van der Waals surface area contributed by atoms with Crippen LogP contribution >= 0.6 is 0 Å². The number of nitrogens with zero attached hydrogens (tertiary/aromatic N) is 1. The molecule has 136 valence electrons. The van der Waals surface area contributed by atoms with E-state index in [9.17, 15) is 14.4 Å². The van der Waals surface area contributed by atoms with Crippen molar-refractivity contribution in [2.75, 3.05) is 13.1 Å². The number of fused-ring (bicyclic) bond motifs is 1. The van der Waals surface area contributed by atoms with Crippen LogP contribution in [-0.2, 0) is 14.4 Å². The molecular formula is C20H28N2O3. The zero-order chi connectivity index (χ0) is 17.8. The summed E-state index contributed by atoms with van der Waals surface area (Å²) in [4.78, 5) is 38.6. The quantitative estimate of drug-likeness (QED) is 0.595. The third kappa shape index (κ3) is 3.86. The van der Waals surface area contributed by atoms with Crippen LogP contribution in [0.4, 0.5) is 0 Å². The van der Waals surface area contributed by atoms with Crippen LogP contribution in [0.15, 0.2) is 23.8 Å². The molecule has 0 aromatic carbocycles. The summed E-state index contributed by atoms with van der Waals surface area (Å²) in [5.41, 5.74) is 1.41. The average molecular weight is 344 g/mol. The predicted octanol–water partition coefficient (Wildman–Crippen LogP) is 2.58. The van der Waals surface area contributed by atoms with Gasteiger partial charge >= 0.3 is 0 Å². The van der Waals surface area contributed by atoms with Crippen LogP contribution in [-0.4, -0.2) is 35.7 Å². The van der Waals surface area contributed by atoms with Gasteiger partial charge in [0.1, 0.15) is 6.54 Å². The maximum absolute atomic E-state index is 12.7. The number of hydrogen-bond acceptors (Lipinski definition) is 3. The molecule has 1 N–H and O–H groups in total. The van der Waals surface area contributed by atoms with Crippen molar-refractivity contribution in [1.29, 1.82) is 0 Å². The molecule has 5 nitrogen and oxygen atoms in total. The summed E-state index contributed by atoms with van der Waals surface area (Å²) < 4.78 is 0. The monoisotopic (exact) mass is 344 g/mol. The van der Waals surface area contributed by atoms with E-state index in [1.807, 2.05) is 19.1 Å². The van der Waals surface area contributed by atoms with E-state index >= 15 is 0 Å². The second-order valence-electron chi connectivity index (χ2n) is 7.34. The van der Waals surface area contributed by atoms with Crippen LogP contribution in [0.25, 0.3) is 0 Å². The molecule has 0 saturated carbocycles. The Hall–Kier alpha value is -1.91. The van der Waals surface area contributed by atoms with Gasteiger partial charge in [-0.05, 0) is 50.9 Å². The minimum absolute atomic E-state index is 0.112. The molecule has 3 atom stereocenters. The number of allylic oxidation sites excluding steroid dienone is 3. The Balaban J connectivity index is 1.52. The molecule has 1 heterocycles. The van der Waals surface area contributed by atoms with Crippen molar-refractivity contribution in [3.8, 4) is 0 Å². The van der Waals surface area contributed by atoms with Crippen LogP contribution in [0.5, 0.6) is 0 Å². The van der Waals surface area contributed by atoms with Gasteiger partial charge in [0.05, 0.1) is 11.8 Å². The molecule has 3 rings (SSSR count). The maximum Gasteiger partial charge on any atom is 0.240 e. The lowest BCUT2D eigenvalue weighted by Gasteiger charge is -2.24. The van der Waals surface area contributed by atoms with Gasteiger partial charge in [-0.3, -0.25) is 19.3 Å². The highest BCUT2D eigenvalue weighted by molar-refractivity contribution is 6.07. The van der Waals surface area contributed by atoms with Gasteiger partial charge in [0.15, 0.2) is 0 Å². The summed E-state index contributed by atoms with van der Waals surface area (Å²) in [7, 11) is 0. The van der Waals surface area contributed by atoms with Crippen molar-refractivity contribution >= 4 is 17.7 Å². The van der Waals surface area contributed by atoms with Crippen LogP contribution < -0.4 is 5.32 Å². The lowest BCUT2D eigenvalue weighted by Crippen LogP contribution is -2.41. The zero-order valence-electron chi connectivity index (χ0n) is 15.0. The van der Waals surface area contributed by atoms with E-state index in [2.05, 4.69) is 11.4 Å². The number of nitrogens with one attached hydrogen (secondary N) is 1. The lowest BCUT2D eigenvalue weighted by atomic mass is 9.76. The Labute approximate surface area is 149 Å². The second kappa shape index (κ2) is 7.98. The van der Waals surface area contributed by atoms with Gasteiger partial charge in [-0.25, -0.2) is 0 Å². The highest BCUT2D eigenvalue weighted by Gasteiger charge is 2.50. The first-order valence-electron chi connectivity index (χ1n) is 9.58. The van der Waals surface area contributed by atoms with Crippen LogP contribution in [0, 0.1) is 17.8 Å². The molecule has 3 unspecified atom stereocenters. The van der Waals surface area contributed by atoms with E-state index < -0.39 is 0 Å². The van der Waals surface area contributed by atoms with Crippen LogP contribution in [0.2, 0.25) is 0 Å². The fourth-order valence-electron chi connectivity index (χ4n) is 4.30. The molecule has 0 bridgehead atoms. The van der Waals surface area contributed by atoms with Gasteiger partial charge in [0.25, 0.3) is 0 Å². The van der Waals surface area contributed by atoms with Crippen molar-refractivity contribution < 1.29 is 14.4 Å². The number of amides is 3. The SMILES string of the molecule is CCC1C=CCC2C(=O)N(CC(=O)NCCC3=CCCCC3)C(=O)C12. The van der Waals surface area contributed by atoms with Crippen LogP contribution in [0.1, 0.15) is 51.9 Å². The van der Waals surface area contributed by atoms with Gasteiger partial charge in [0.2, 0.25) is 17.7 Å². The molecule has 0 aromatic heterocycles. The van der Waals surface area contributed by atoms with Gasteiger partial charge < -0.3 is 5.32 Å². The molecule has 0 aromatic rings. The Bertz CT molecular complexity index is 608. The molecule has 3 aliphatic rings. The first-order chi connectivity index (χ1) is 12.1. The minimum Gasteiger partial charge on any atom is -0.354 e. The first kappa shape index (κ1) is 17.9. The number of likely N-dealkylation sites (tertiary alicyclic amines) is 1. The largest absolute Gasteiger partial charge is 0.354 e. The molecule has 25 heavy (non-hydrogen) atoms. The van der Waals surface area contributed by atoms with Crippen molar-refractivity contribution in [3.63, 3.8) is 0 Å². The highest BCUT2D eigenvalue weighted by atomic mass is 16.2. The van der Waals surface area contributed by atoms with Gasteiger partial charge in [-0.2, -0.15) is 0 Å². The highest BCUT2D eigenvalue weighted by Crippen LogP contribution is 2.39. The molecule has 0 spiro atoms. The summed E-state index contributed by atoms with van der Waals surface area (Å²) >= 11 is 0. The van der Waals surface area contributed by atoms with E-state index in [0.29, 0.717) is 13.0 Å². The maximum atomic E-state index is 12.7. The van der Waals surface area contributed by atoms with E-state index in [4.69, 9.17) is 0 Å². The minimum atomic E-state index is -0.275. The number of imide groups is 1. The van der Waals surface area contributed by atoms with Gasteiger partial charge in [0, 0.05) is 6.54 Å². The van der Waals surface area contributed by atoms with Crippen molar-refractivity contribution in [2.45, 2.75) is 51.9 Å². The van der Waals surface area contributed by atoms with E-state index in [1.165, 1.54) is 23.3 Å². The predicted molar refractivity (Wildman–Crippen MR) is 95.4 cm³/mol. The fraction of sp³-hybridized carbons (Fsp3) is 0.650. The average Bonchev–Trinajstić information content (AvgIpc) is 2.87. The van der Waals surface area contributed by atoms with Crippen molar-refractivity contribution in [2.24, 2.45) is 17.8 Å². The summed E-state index contributed by atoms with van der Waals surface area (Å²) in [6, 6.07) is 0. The Kier molecular flexibility index (Phi) is 5.71. The smallest absolute Gasteiger partial charge is 0.240 e. The van der Waals surface area contributed by atoms with E-state index in [-0.39, 0.29) is 42.0 Å². The zero-order valence-corrected chi connectivity index (χ0v) is 15.0. The number of hydrogen-bond donors (Lipinski definition) is 1.